The van der Waals surface area contributed by atoms with E-state index < -0.39 is 15.6 Å². The lowest BCUT2D eigenvalue weighted by Crippen LogP contribution is -2.55. The second-order valence-electron chi connectivity index (χ2n) is 5.86. The van der Waals surface area contributed by atoms with Gasteiger partial charge in [0, 0.05) is 31.7 Å². The molecule has 2 rings (SSSR count). The van der Waals surface area contributed by atoms with Crippen LogP contribution in [0.25, 0.3) is 0 Å². The Hall–Kier alpha value is -0.630. The van der Waals surface area contributed by atoms with Crippen molar-refractivity contribution >= 4 is 21.6 Å². The van der Waals surface area contributed by atoms with E-state index in [9.17, 15) is 8.42 Å². The molecular weight excluding hydrogens is 314 g/mol. The predicted octanol–water partition coefficient (Wildman–Crippen LogP) is 1.62. The summed E-state index contributed by atoms with van der Waals surface area (Å²) in [5.74, 6) is 0.954. The zero-order chi connectivity index (χ0) is 15.8. The van der Waals surface area contributed by atoms with Gasteiger partial charge in [0.25, 0.3) is 10.0 Å². The normalized spacial score (nSPS) is 23.4. The molecule has 0 spiro atoms. The molecule has 1 aliphatic rings. The lowest BCUT2D eigenvalue weighted by atomic mass is 10.1. The highest BCUT2D eigenvalue weighted by molar-refractivity contribution is 7.89. The van der Waals surface area contributed by atoms with Gasteiger partial charge in [-0.25, -0.2) is 13.4 Å². The van der Waals surface area contributed by atoms with Crippen LogP contribution >= 0.6 is 11.6 Å². The van der Waals surface area contributed by atoms with Crippen LogP contribution in [0, 0.1) is 6.92 Å². The number of imidazole rings is 1. The molecule has 2 heterocycles. The van der Waals surface area contributed by atoms with Gasteiger partial charge in [0.1, 0.15) is 5.82 Å². The summed E-state index contributed by atoms with van der Waals surface area (Å²) in [6, 6.07) is 0. The monoisotopic (exact) mass is 335 g/mol. The molecule has 0 radical (unpaired) electrons. The first-order valence-corrected chi connectivity index (χ1v) is 8.95. The molecule has 120 valence electrons. The van der Waals surface area contributed by atoms with Gasteiger partial charge in [0.15, 0.2) is 5.03 Å². The van der Waals surface area contributed by atoms with E-state index in [4.69, 9.17) is 16.3 Å². The molecule has 0 aliphatic carbocycles. The Bertz CT molecular complexity index is 612. The van der Waals surface area contributed by atoms with Crippen molar-refractivity contribution in [2.24, 2.45) is 0 Å². The van der Waals surface area contributed by atoms with Gasteiger partial charge in [-0.05, 0) is 27.7 Å². The van der Waals surface area contributed by atoms with Crippen molar-refractivity contribution in [3.63, 3.8) is 0 Å². The molecule has 1 unspecified atom stereocenters. The lowest BCUT2D eigenvalue weighted by Gasteiger charge is -2.41. The largest absolute Gasteiger partial charge is 0.368 e. The highest BCUT2D eigenvalue weighted by atomic mass is 35.5. The van der Waals surface area contributed by atoms with Crippen LogP contribution < -0.4 is 0 Å². The number of hydrogen-bond acceptors (Lipinski definition) is 4. The van der Waals surface area contributed by atoms with Crippen LogP contribution in [-0.4, -0.2) is 52.9 Å². The van der Waals surface area contributed by atoms with Crippen molar-refractivity contribution in [2.75, 3.05) is 19.0 Å². The SMILES string of the molecule is CCn1cc(S(=O)(=O)N2CC(CCl)OC(C)(C)C2)nc1C. The highest BCUT2D eigenvalue weighted by Crippen LogP contribution is 2.26. The van der Waals surface area contributed by atoms with Gasteiger partial charge in [-0.1, -0.05) is 0 Å². The zero-order valence-corrected chi connectivity index (χ0v) is 14.4. The van der Waals surface area contributed by atoms with Crippen molar-refractivity contribution in [1.82, 2.24) is 13.9 Å². The van der Waals surface area contributed by atoms with Crippen LogP contribution in [0.1, 0.15) is 26.6 Å². The average molecular weight is 336 g/mol. The molecular formula is C13H22ClN3O3S. The molecule has 1 fully saturated rings. The summed E-state index contributed by atoms with van der Waals surface area (Å²) in [6.07, 6.45) is 1.28. The van der Waals surface area contributed by atoms with Gasteiger partial charge in [0.2, 0.25) is 0 Å². The van der Waals surface area contributed by atoms with Crippen LogP contribution in [0.2, 0.25) is 0 Å². The number of aromatic nitrogens is 2. The van der Waals surface area contributed by atoms with Crippen molar-refractivity contribution in [3.8, 4) is 0 Å². The molecule has 0 aromatic carbocycles. The van der Waals surface area contributed by atoms with Crippen LogP contribution in [-0.2, 0) is 21.3 Å². The number of aryl methyl sites for hydroxylation is 2. The van der Waals surface area contributed by atoms with E-state index in [1.54, 1.807) is 13.1 Å². The lowest BCUT2D eigenvalue weighted by molar-refractivity contribution is -0.107. The van der Waals surface area contributed by atoms with E-state index in [2.05, 4.69) is 4.98 Å². The molecule has 1 aromatic heterocycles. The minimum atomic E-state index is -3.63. The number of sulfonamides is 1. The van der Waals surface area contributed by atoms with Crippen molar-refractivity contribution in [2.45, 2.75) is 51.0 Å². The molecule has 0 bridgehead atoms. The average Bonchev–Trinajstić information content (AvgIpc) is 2.78. The number of morpholine rings is 1. The summed E-state index contributed by atoms with van der Waals surface area (Å²) in [7, 11) is -3.63. The highest BCUT2D eigenvalue weighted by Gasteiger charge is 2.40. The van der Waals surface area contributed by atoms with Gasteiger partial charge in [-0.2, -0.15) is 4.31 Å². The van der Waals surface area contributed by atoms with Crippen LogP contribution in [0.15, 0.2) is 11.2 Å². The minimum absolute atomic E-state index is 0.0906. The molecule has 1 saturated heterocycles. The fraction of sp³-hybridized carbons (Fsp3) is 0.769. The Kier molecular flexibility index (Phi) is 4.68. The summed E-state index contributed by atoms with van der Waals surface area (Å²) in [5.41, 5.74) is -0.562. The van der Waals surface area contributed by atoms with Crippen LogP contribution in [0.3, 0.4) is 0 Å². The number of nitrogens with zero attached hydrogens (tertiary/aromatic N) is 3. The van der Waals surface area contributed by atoms with Crippen molar-refractivity contribution in [3.05, 3.63) is 12.0 Å². The first-order valence-electron chi connectivity index (χ1n) is 6.97. The fourth-order valence-electron chi connectivity index (χ4n) is 2.56. The summed E-state index contributed by atoms with van der Waals surface area (Å²) in [5, 5.41) is 0.0906. The maximum Gasteiger partial charge on any atom is 0.262 e. The Morgan fingerprint density at radius 3 is 2.71 bits per heavy atom. The van der Waals surface area contributed by atoms with Crippen LogP contribution in [0.4, 0.5) is 0 Å². The first kappa shape index (κ1) is 16.7. The molecule has 1 atom stereocenters. The number of alkyl halides is 1. The summed E-state index contributed by atoms with van der Waals surface area (Å²) < 4.78 is 34.5. The van der Waals surface area contributed by atoms with Gasteiger partial charge >= 0.3 is 0 Å². The van der Waals surface area contributed by atoms with Crippen molar-refractivity contribution < 1.29 is 13.2 Å². The number of rotatable bonds is 4. The number of ether oxygens (including phenoxy) is 1. The van der Waals surface area contributed by atoms with E-state index in [-0.39, 0.29) is 23.6 Å². The molecule has 1 aliphatic heterocycles. The van der Waals surface area contributed by atoms with E-state index >= 15 is 0 Å². The molecule has 0 amide bonds. The summed E-state index contributed by atoms with van der Waals surface area (Å²) in [4.78, 5) is 4.19. The van der Waals surface area contributed by atoms with Gasteiger partial charge < -0.3 is 9.30 Å². The van der Waals surface area contributed by atoms with Gasteiger partial charge in [-0.3, -0.25) is 0 Å². The smallest absolute Gasteiger partial charge is 0.262 e. The van der Waals surface area contributed by atoms with E-state index in [0.29, 0.717) is 18.9 Å². The Morgan fingerprint density at radius 2 is 2.19 bits per heavy atom. The summed E-state index contributed by atoms with van der Waals surface area (Å²) >= 11 is 5.85. The van der Waals surface area contributed by atoms with E-state index in [1.807, 2.05) is 25.3 Å². The number of hydrogen-bond donors (Lipinski definition) is 0. The van der Waals surface area contributed by atoms with Gasteiger partial charge in [-0.15, -0.1) is 11.6 Å². The first-order chi connectivity index (χ1) is 9.69. The Morgan fingerprint density at radius 1 is 1.52 bits per heavy atom. The Balaban J connectivity index is 2.33. The second kappa shape index (κ2) is 5.87. The van der Waals surface area contributed by atoms with Crippen molar-refractivity contribution in [1.29, 1.82) is 0 Å². The third kappa shape index (κ3) is 3.41. The topological polar surface area (TPSA) is 64.4 Å². The maximum atomic E-state index is 12.8. The third-order valence-corrected chi connectivity index (χ3v) is 5.55. The minimum Gasteiger partial charge on any atom is -0.368 e. The van der Waals surface area contributed by atoms with Crippen LogP contribution in [0.5, 0.6) is 0 Å². The molecule has 8 heteroatoms. The molecule has 21 heavy (non-hydrogen) atoms. The molecule has 0 saturated carbocycles. The summed E-state index contributed by atoms with van der Waals surface area (Å²) in [6.45, 7) is 8.72. The predicted molar refractivity (Wildman–Crippen MR) is 81.1 cm³/mol. The zero-order valence-electron chi connectivity index (χ0n) is 12.8. The quantitative estimate of drug-likeness (QED) is 0.784. The van der Waals surface area contributed by atoms with Gasteiger partial charge in [0.05, 0.1) is 11.7 Å². The van der Waals surface area contributed by atoms with E-state index in [0.717, 1.165) is 0 Å². The number of halogens is 1. The Labute approximate surface area is 131 Å². The molecule has 6 nitrogen and oxygen atoms in total. The molecule has 0 N–H and O–H groups in total. The third-order valence-electron chi connectivity index (χ3n) is 3.52. The maximum absolute atomic E-state index is 12.8. The second-order valence-corrected chi connectivity index (χ2v) is 8.06. The fourth-order valence-corrected chi connectivity index (χ4v) is 4.34. The molecule has 1 aromatic rings. The van der Waals surface area contributed by atoms with E-state index in [1.165, 1.54) is 4.31 Å². The standard InChI is InChI=1S/C13H22ClN3O3S/c1-5-16-8-12(15-10(16)2)21(18,19)17-7-11(6-14)20-13(3,4)9-17/h8,11H,5-7,9H2,1-4H3.